The van der Waals surface area contributed by atoms with Gasteiger partial charge in [0.25, 0.3) is 0 Å². The molecule has 3 nitrogen and oxygen atoms in total. The number of carbonyl (C=O) groups is 1. The van der Waals surface area contributed by atoms with Crippen LogP contribution in [0.5, 0.6) is 0 Å². The first-order valence-electron chi connectivity index (χ1n) is 6.15. The summed E-state index contributed by atoms with van der Waals surface area (Å²) in [5.74, 6) is 0.365. The Morgan fingerprint density at radius 2 is 2.00 bits per heavy atom. The van der Waals surface area contributed by atoms with E-state index in [4.69, 9.17) is 0 Å². The number of hydrogen-bond acceptors (Lipinski definition) is 3. The zero-order chi connectivity index (χ0) is 13.8. The topological polar surface area (TPSA) is 42.9 Å². The summed E-state index contributed by atoms with van der Waals surface area (Å²) in [5, 5.41) is 0. The van der Waals surface area contributed by atoms with Crippen molar-refractivity contribution in [3.63, 3.8) is 0 Å². The Hall–Kier alpha value is -2.10. The summed E-state index contributed by atoms with van der Waals surface area (Å²) in [6, 6.07) is 8.25. The third-order valence-corrected chi connectivity index (χ3v) is 2.75. The second kappa shape index (κ2) is 5.69. The molecule has 0 radical (unpaired) electrons. The molecule has 0 aliphatic carbocycles. The summed E-state index contributed by atoms with van der Waals surface area (Å²) in [6.07, 6.45) is 0.888. The second-order valence-corrected chi connectivity index (χ2v) is 4.49. The third-order valence-electron chi connectivity index (χ3n) is 2.75. The van der Waals surface area contributed by atoms with Gasteiger partial charge in [-0.3, -0.25) is 0 Å². The lowest BCUT2D eigenvalue weighted by Gasteiger charge is -2.06. The highest BCUT2D eigenvalue weighted by atomic mass is 19.1. The van der Waals surface area contributed by atoms with E-state index in [0.717, 1.165) is 5.69 Å². The molecule has 1 aromatic carbocycles. The Labute approximate surface area is 111 Å². The number of benzene rings is 1. The Kier molecular flexibility index (Phi) is 4.00. The molecule has 0 aliphatic rings. The summed E-state index contributed by atoms with van der Waals surface area (Å²) in [6.45, 7) is 3.37. The Morgan fingerprint density at radius 1 is 1.26 bits per heavy atom. The summed E-state index contributed by atoms with van der Waals surface area (Å²) in [4.78, 5) is 19.6. The van der Waals surface area contributed by atoms with Gasteiger partial charge in [0.2, 0.25) is 0 Å². The maximum absolute atomic E-state index is 13.7. The molecule has 0 unspecified atom stereocenters. The van der Waals surface area contributed by atoms with Crippen LogP contribution in [-0.4, -0.2) is 15.8 Å². The maximum atomic E-state index is 13.7. The van der Waals surface area contributed by atoms with Gasteiger partial charge in [-0.1, -0.05) is 12.1 Å². The van der Waals surface area contributed by atoms with E-state index >= 15 is 0 Å². The number of aryl methyl sites for hydroxylation is 2. The van der Waals surface area contributed by atoms with Crippen LogP contribution in [-0.2, 0) is 11.2 Å². The number of hydrogen-bond donors (Lipinski definition) is 0. The highest BCUT2D eigenvalue weighted by Crippen LogP contribution is 2.21. The lowest BCUT2D eigenvalue weighted by atomic mass is 10.1. The highest BCUT2D eigenvalue weighted by molar-refractivity contribution is 5.75. The third kappa shape index (κ3) is 3.44. The summed E-state index contributed by atoms with van der Waals surface area (Å²) in [7, 11) is 0. The van der Waals surface area contributed by atoms with Crippen molar-refractivity contribution in [2.75, 3.05) is 0 Å². The van der Waals surface area contributed by atoms with Crippen LogP contribution in [0.2, 0.25) is 0 Å². The van der Waals surface area contributed by atoms with Gasteiger partial charge in [-0.05, 0) is 32.0 Å². The average Bonchev–Trinajstić information content (AvgIpc) is 2.36. The monoisotopic (exact) mass is 258 g/mol. The van der Waals surface area contributed by atoms with Crippen molar-refractivity contribution in [1.82, 2.24) is 9.97 Å². The van der Waals surface area contributed by atoms with Crippen molar-refractivity contribution in [2.24, 2.45) is 0 Å². The standard InChI is InChI=1S/C15H15FN2O/c1-10-9-14(12-5-3-4-6-13(12)16)18-15(17-10)8-7-11(2)19/h3-6,9H,7-8H2,1-2H3. The summed E-state index contributed by atoms with van der Waals surface area (Å²) >= 11 is 0. The van der Waals surface area contributed by atoms with Crippen molar-refractivity contribution in [2.45, 2.75) is 26.7 Å². The predicted octanol–water partition coefficient (Wildman–Crippen LogP) is 3.11. The SMILES string of the molecule is CC(=O)CCc1nc(C)cc(-c2ccccc2F)n1. The fourth-order valence-corrected chi connectivity index (χ4v) is 1.84. The second-order valence-electron chi connectivity index (χ2n) is 4.49. The van der Waals surface area contributed by atoms with Gasteiger partial charge in [0, 0.05) is 24.1 Å². The molecule has 2 rings (SSSR count). The van der Waals surface area contributed by atoms with Crippen LogP contribution >= 0.6 is 0 Å². The Morgan fingerprint density at radius 3 is 2.68 bits per heavy atom. The molecule has 19 heavy (non-hydrogen) atoms. The van der Waals surface area contributed by atoms with Crippen LogP contribution in [0.25, 0.3) is 11.3 Å². The molecule has 98 valence electrons. The van der Waals surface area contributed by atoms with E-state index in [1.54, 1.807) is 24.3 Å². The number of halogens is 1. The minimum absolute atomic E-state index is 0.0950. The molecule has 1 aromatic heterocycles. The maximum Gasteiger partial charge on any atom is 0.132 e. The Balaban J connectivity index is 2.36. The van der Waals surface area contributed by atoms with Crippen molar-refractivity contribution in [3.05, 3.63) is 47.7 Å². The minimum Gasteiger partial charge on any atom is -0.300 e. The van der Waals surface area contributed by atoms with Crippen LogP contribution < -0.4 is 0 Å². The van der Waals surface area contributed by atoms with E-state index in [9.17, 15) is 9.18 Å². The first kappa shape index (κ1) is 13.3. The van der Waals surface area contributed by atoms with E-state index < -0.39 is 0 Å². The lowest BCUT2D eigenvalue weighted by molar-refractivity contribution is -0.117. The molecule has 0 saturated heterocycles. The van der Waals surface area contributed by atoms with Crippen molar-refractivity contribution in [1.29, 1.82) is 0 Å². The largest absolute Gasteiger partial charge is 0.300 e. The number of ketones is 1. The molecule has 4 heteroatoms. The van der Waals surface area contributed by atoms with Crippen molar-refractivity contribution in [3.8, 4) is 11.3 Å². The molecule has 0 amide bonds. The van der Waals surface area contributed by atoms with Gasteiger partial charge in [0.05, 0.1) is 5.69 Å². The van der Waals surface area contributed by atoms with E-state index in [2.05, 4.69) is 9.97 Å². The van der Waals surface area contributed by atoms with E-state index in [0.29, 0.717) is 29.9 Å². The number of Topliss-reactive ketones (excluding diaryl/α,β-unsaturated/α-hetero) is 1. The van der Waals surface area contributed by atoms with Gasteiger partial charge < -0.3 is 4.79 Å². The molecule has 0 atom stereocenters. The molecule has 1 heterocycles. The van der Waals surface area contributed by atoms with Crippen molar-refractivity contribution >= 4 is 5.78 Å². The molecular weight excluding hydrogens is 243 g/mol. The molecule has 0 bridgehead atoms. The first-order chi connectivity index (χ1) is 9.06. The van der Waals surface area contributed by atoms with Gasteiger partial charge in [-0.2, -0.15) is 0 Å². The Bertz CT molecular complexity index is 611. The van der Waals surface area contributed by atoms with E-state index in [1.807, 2.05) is 6.92 Å². The fraction of sp³-hybridized carbons (Fsp3) is 0.267. The van der Waals surface area contributed by atoms with Gasteiger partial charge in [0.1, 0.15) is 17.4 Å². The zero-order valence-electron chi connectivity index (χ0n) is 11.0. The van der Waals surface area contributed by atoms with Gasteiger partial charge in [0.15, 0.2) is 0 Å². The van der Waals surface area contributed by atoms with Crippen LogP contribution in [0.3, 0.4) is 0 Å². The number of nitrogens with zero attached hydrogens (tertiary/aromatic N) is 2. The van der Waals surface area contributed by atoms with E-state index in [1.165, 1.54) is 13.0 Å². The molecule has 0 saturated carbocycles. The van der Waals surface area contributed by atoms with Crippen LogP contribution in [0.1, 0.15) is 24.9 Å². The normalized spacial score (nSPS) is 10.5. The average molecular weight is 258 g/mol. The van der Waals surface area contributed by atoms with Crippen molar-refractivity contribution < 1.29 is 9.18 Å². The molecule has 0 fully saturated rings. The minimum atomic E-state index is -0.307. The molecule has 0 spiro atoms. The first-order valence-corrected chi connectivity index (χ1v) is 6.15. The molecular formula is C15H15FN2O. The van der Waals surface area contributed by atoms with Gasteiger partial charge in [-0.25, -0.2) is 14.4 Å². The predicted molar refractivity (Wildman–Crippen MR) is 71.2 cm³/mol. The zero-order valence-corrected chi connectivity index (χ0v) is 11.0. The molecule has 0 N–H and O–H groups in total. The number of rotatable bonds is 4. The van der Waals surface area contributed by atoms with Gasteiger partial charge in [-0.15, -0.1) is 0 Å². The fourth-order valence-electron chi connectivity index (χ4n) is 1.84. The van der Waals surface area contributed by atoms with Crippen LogP contribution in [0, 0.1) is 12.7 Å². The lowest BCUT2D eigenvalue weighted by Crippen LogP contribution is -2.02. The summed E-state index contributed by atoms with van der Waals surface area (Å²) < 4.78 is 13.7. The number of carbonyl (C=O) groups excluding carboxylic acids is 1. The number of aromatic nitrogens is 2. The quantitative estimate of drug-likeness (QED) is 0.846. The summed E-state index contributed by atoms with van der Waals surface area (Å²) in [5.41, 5.74) is 1.79. The smallest absolute Gasteiger partial charge is 0.132 e. The van der Waals surface area contributed by atoms with Gasteiger partial charge >= 0.3 is 0 Å². The van der Waals surface area contributed by atoms with Crippen LogP contribution in [0.15, 0.2) is 30.3 Å². The van der Waals surface area contributed by atoms with E-state index in [-0.39, 0.29) is 11.6 Å². The highest BCUT2D eigenvalue weighted by Gasteiger charge is 2.09. The van der Waals surface area contributed by atoms with Crippen LogP contribution in [0.4, 0.5) is 4.39 Å². The molecule has 2 aromatic rings. The molecule has 0 aliphatic heterocycles.